The lowest BCUT2D eigenvalue weighted by Crippen LogP contribution is -2.46. The van der Waals surface area contributed by atoms with Crippen LogP contribution in [0.15, 0.2) is 36.4 Å². The predicted molar refractivity (Wildman–Crippen MR) is 138 cm³/mol. The zero-order valence-electron chi connectivity index (χ0n) is 21.1. The van der Waals surface area contributed by atoms with Crippen LogP contribution in [0, 0.1) is 13.8 Å². The SMILES string of the molecule is Cc1c(CNc2nnc(C)c3ccc(N4CCN(CCCCC(=O)O)CC4)cc23)cccc1C(F)(F)F. The molecular weight excluding hydrogens is 483 g/mol. The van der Waals surface area contributed by atoms with E-state index in [2.05, 4.69) is 37.4 Å². The van der Waals surface area contributed by atoms with Crippen molar-refractivity contribution in [1.82, 2.24) is 15.1 Å². The quantitative estimate of drug-likeness (QED) is 0.377. The highest BCUT2D eigenvalue weighted by molar-refractivity contribution is 5.95. The molecule has 0 unspecified atom stereocenters. The average Bonchev–Trinajstić information content (AvgIpc) is 2.86. The Morgan fingerprint density at radius 2 is 1.78 bits per heavy atom. The third kappa shape index (κ3) is 6.49. The summed E-state index contributed by atoms with van der Waals surface area (Å²) in [6.07, 6.45) is -2.62. The summed E-state index contributed by atoms with van der Waals surface area (Å²) in [7, 11) is 0. The van der Waals surface area contributed by atoms with Gasteiger partial charge in [0, 0.05) is 55.6 Å². The fraction of sp³-hybridized carbons (Fsp3) is 0.444. The van der Waals surface area contributed by atoms with Gasteiger partial charge in [-0.15, -0.1) is 5.10 Å². The normalized spacial score (nSPS) is 14.8. The molecule has 2 N–H and O–H groups in total. The molecule has 1 aliphatic rings. The number of benzene rings is 2. The molecule has 0 saturated carbocycles. The number of carboxylic acid groups (broad SMARTS) is 1. The number of alkyl halides is 3. The second-order valence-corrected chi connectivity index (χ2v) is 9.48. The number of nitrogens with zero attached hydrogens (tertiary/aromatic N) is 4. The predicted octanol–water partition coefficient (Wildman–Crippen LogP) is 5.25. The van der Waals surface area contributed by atoms with Gasteiger partial charge >= 0.3 is 12.1 Å². The minimum atomic E-state index is -4.39. The molecule has 0 atom stereocenters. The fourth-order valence-corrected chi connectivity index (χ4v) is 4.81. The number of piperazine rings is 1. The van der Waals surface area contributed by atoms with Crippen molar-refractivity contribution in [3.05, 3.63) is 58.8 Å². The Morgan fingerprint density at radius 3 is 2.49 bits per heavy atom. The van der Waals surface area contributed by atoms with E-state index in [0.29, 0.717) is 17.8 Å². The van der Waals surface area contributed by atoms with E-state index in [0.717, 1.165) is 67.4 Å². The van der Waals surface area contributed by atoms with Crippen molar-refractivity contribution < 1.29 is 23.1 Å². The topological polar surface area (TPSA) is 81.6 Å². The van der Waals surface area contributed by atoms with Gasteiger partial charge in [-0.25, -0.2) is 0 Å². The maximum absolute atomic E-state index is 13.3. The molecule has 2 aromatic carbocycles. The maximum atomic E-state index is 13.3. The van der Waals surface area contributed by atoms with Gasteiger partial charge in [-0.05, 0) is 62.6 Å². The Labute approximate surface area is 214 Å². The number of aromatic nitrogens is 2. The number of hydrogen-bond acceptors (Lipinski definition) is 6. The minimum Gasteiger partial charge on any atom is -0.481 e. The summed E-state index contributed by atoms with van der Waals surface area (Å²) >= 11 is 0. The number of aliphatic carboxylic acids is 1. The second kappa shape index (κ2) is 11.3. The van der Waals surface area contributed by atoms with E-state index in [9.17, 15) is 18.0 Å². The fourth-order valence-electron chi connectivity index (χ4n) is 4.81. The first-order chi connectivity index (χ1) is 17.6. The Kier molecular flexibility index (Phi) is 8.16. The van der Waals surface area contributed by atoms with Crippen LogP contribution in [0.25, 0.3) is 10.8 Å². The Bertz CT molecular complexity index is 1260. The van der Waals surface area contributed by atoms with Crippen molar-refractivity contribution >= 4 is 28.2 Å². The molecule has 1 aromatic heterocycles. The molecule has 0 amide bonds. The Morgan fingerprint density at radius 1 is 1.03 bits per heavy atom. The summed E-state index contributed by atoms with van der Waals surface area (Å²) < 4.78 is 40.0. The van der Waals surface area contributed by atoms with E-state index < -0.39 is 17.7 Å². The van der Waals surface area contributed by atoms with Crippen molar-refractivity contribution in [1.29, 1.82) is 0 Å². The molecule has 0 radical (unpaired) electrons. The van der Waals surface area contributed by atoms with Crippen LogP contribution in [0.2, 0.25) is 0 Å². The largest absolute Gasteiger partial charge is 0.481 e. The van der Waals surface area contributed by atoms with Crippen LogP contribution in [0.5, 0.6) is 0 Å². The lowest BCUT2D eigenvalue weighted by Gasteiger charge is -2.36. The van der Waals surface area contributed by atoms with Gasteiger partial charge in [-0.3, -0.25) is 9.69 Å². The monoisotopic (exact) mass is 515 g/mol. The Hall–Kier alpha value is -3.40. The molecule has 1 aliphatic heterocycles. The van der Waals surface area contributed by atoms with E-state index in [1.54, 1.807) is 6.07 Å². The number of carboxylic acids is 1. The lowest BCUT2D eigenvalue weighted by molar-refractivity contribution is -0.138. The van der Waals surface area contributed by atoms with Gasteiger partial charge in [-0.2, -0.15) is 18.3 Å². The molecular formula is C27H32F3N5O2. The summed E-state index contributed by atoms with van der Waals surface area (Å²) in [5, 5.41) is 22.4. The van der Waals surface area contributed by atoms with Crippen LogP contribution < -0.4 is 10.2 Å². The van der Waals surface area contributed by atoms with E-state index in [1.165, 1.54) is 13.0 Å². The van der Waals surface area contributed by atoms with E-state index in [4.69, 9.17) is 5.11 Å². The standard InChI is InChI=1S/C27H32F3N5O2/c1-18-20(6-5-7-24(18)27(28,29)30)17-31-26-23-16-21(9-10-22(23)19(2)32-33-26)35-14-12-34(13-15-35)11-4-3-8-25(36)37/h5-7,9-10,16H,3-4,8,11-15,17H2,1-2H3,(H,31,33)(H,36,37). The molecule has 7 nitrogen and oxygen atoms in total. The van der Waals surface area contributed by atoms with E-state index in [-0.39, 0.29) is 18.5 Å². The van der Waals surface area contributed by atoms with Crippen molar-refractivity contribution in [2.45, 2.75) is 45.8 Å². The number of carbonyl (C=O) groups is 1. The third-order valence-electron chi connectivity index (χ3n) is 7.00. The van der Waals surface area contributed by atoms with E-state index >= 15 is 0 Å². The summed E-state index contributed by atoms with van der Waals surface area (Å²) in [4.78, 5) is 15.4. The van der Waals surface area contributed by atoms with Crippen LogP contribution in [-0.2, 0) is 17.5 Å². The number of halogens is 3. The zero-order valence-corrected chi connectivity index (χ0v) is 21.1. The van der Waals surface area contributed by atoms with Crippen LogP contribution in [0.1, 0.15) is 41.6 Å². The molecule has 0 aliphatic carbocycles. The van der Waals surface area contributed by atoms with Crippen LogP contribution in [-0.4, -0.2) is 58.9 Å². The number of fused-ring (bicyclic) bond motifs is 1. The molecule has 0 bridgehead atoms. The smallest absolute Gasteiger partial charge is 0.416 e. The molecule has 0 spiro atoms. The van der Waals surface area contributed by atoms with Gasteiger partial charge in [0.2, 0.25) is 0 Å². The molecule has 1 saturated heterocycles. The van der Waals surface area contributed by atoms with Crippen molar-refractivity contribution in [2.75, 3.05) is 42.9 Å². The van der Waals surface area contributed by atoms with Crippen LogP contribution >= 0.6 is 0 Å². The van der Waals surface area contributed by atoms with Gasteiger partial charge in [0.15, 0.2) is 5.82 Å². The molecule has 1 fully saturated rings. The Balaban J connectivity index is 1.47. The van der Waals surface area contributed by atoms with Crippen LogP contribution in [0.3, 0.4) is 0 Å². The average molecular weight is 516 g/mol. The molecule has 10 heteroatoms. The number of nitrogens with one attached hydrogen (secondary N) is 1. The third-order valence-corrected chi connectivity index (χ3v) is 7.00. The number of rotatable bonds is 9. The van der Waals surface area contributed by atoms with E-state index in [1.807, 2.05) is 13.0 Å². The van der Waals surface area contributed by atoms with Gasteiger partial charge in [0.25, 0.3) is 0 Å². The second-order valence-electron chi connectivity index (χ2n) is 9.48. The van der Waals surface area contributed by atoms with Crippen molar-refractivity contribution in [3.8, 4) is 0 Å². The van der Waals surface area contributed by atoms with Gasteiger partial charge in [-0.1, -0.05) is 18.2 Å². The zero-order chi connectivity index (χ0) is 26.6. The maximum Gasteiger partial charge on any atom is 0.416 e. The highest BCUT2D eigenvalue weighted by Crippen LogP contribution is 2.34. The minimum absolute atomic E-state index is 0.202. The summed E-state index contributed by atoms with van der Waals surface area (Å²) in [5.41, 5.74) is 1.97. The van der Waals surface area contributed by atoms with Gasteiger partial charge < -0.3 is 15.3 Å². The van der Waals surface area contributed by atoms with Gasteiger partial charge in [0.1, 0.15) is 0 Å². The van der Waals surface area contributed by atoms with Crippen LogP contribution in [0.4, 0.5) is 24.7 Å². The van der Waals surface area contributed by atoms with Crippen molar-refractivity contribution in [3.63, 3.8) is 0 Å². The molecule has 3 aromatic rings. The number of aryl methyl sites for hydroxylation is 1. The molecule has 4 rings (SSSR count). The molecule has 2 heterocycles. The lowest BCUT2D eigenvalue weighted by atomic mass is 10.0. The van der Waals surface area contributed by atoms with Crippen molar-refractivity contribution in [2.24, 2.45) is 0 Å². The highest BCUT2D eigenvalue weighted by Gasteiger charge is 2.32. The first kappa shape index (κ1) is 26.7. The summed E-state index contributed by atoms with van der Waals surface area (Å²) in [6, 6.07) is 10.4. The summed E-state index contributed by atoms with van der Waals surface area (Å²) in [5.74, 6) is -0.212. The first-order valence-corrected chi connectivity index (χ1v) is 12.5. The first-order valence-electron chi connectivity index (χ1n) is 12.5. The molecule has 198 valence electrons. The number of anilines is 2. The van der Waals surface area contributed by atoms with Gasteiger partial charge in [0.05, 0.1) is 11.3 Å². The molecule has 37 heavy (non-hydrogen) atoms. The highest BCUT2D eigenvalue weighted by atomic mass is 19.4. The number of unbranched alkanes of at least 4 members (excludes halogenated alkanes) is 1. The summed E-state index contributed by atoms with van der Waals surface area (Å²) in [6.45, 7) is 7.99. The number of hydrogen-bond donors (Lipinski definition) is 2.